The van der Waals surface area contributed by atoms with Crippen LogP contribution in [-0.4, -0.2) is 38.1 Å². The molecular formula is C18H28N6O. The number of rotatable bonds is 8. The number of amides is 1. The molecule has 0 saturated heterocycles. The molecule has 3 atom stereocenters. The van der Waals surface area contributed by atoms with Crippen LogP contribution in [0.25, 0.3) is 0 Å². The van der Waals surface area contributed by atoms with Crippen LogP contribution in [0, 0.1) is 12.8 Å². The van der Waals surface area contributed by atoms with E-state index in [-0.39, 0.29) is 24.5 Å². The van der Waals surface area contributed by atoms with Crippen LogP contribution in [0.1, 0.15) is 51.3 Å². The molecule has 0 aliphatic heterocycles. The number of aryl methyl sites for hydroxylation is 1. The fourth-order valence-corrected chi connectivity index (χ4v) is 3.01. The highest BCUT2D eigenvalue weighted by molar-refractivity contribution is 5.91. The number of hydrogen-bond donors (Lipinski definition) is 2. The molecule has 2 aromatic rings. The van der Waals surface area contributed by atoms with Gasteiger partial charge in [-0.05, 0) is 52.0 Å². The van der Waals surface area contributed by atoms with Gasteiger partial charge in [0.2, 0.25) is 5.91 Å². The second kappa shape index (κ2) is 7.39. The van der Waals surface area contributed by atoms with Gasteiger partial charge in [0.05, 0.1) is 31.0 Å². The average molecular weight is 344 g/mol. The minimum atomic E-state index is -0.0551. The predicted octanol–water partition coefficient (Wildman–Crippen LogP) is 2.54. The lowest BCUT2D eigenvalue weighted by Crippen LogP contribution is -2.39. The van der Waals surface area contributed by atoms with E-state index in [2.05, 4.69) is 41.6 Å². The van der Waals surface area contributed by atoms with E-state index < -0.39 is 0 Å². The zero-order chi connectivity index (χ0) is 18.0. The van der Waals surface area contributed by atoms with E-state index in [0.717, 1.165) is 11.4 Å². The predicted molar refractivity (Wildman–Crippen MR) is 97.4 cm³/mol. The molecule has 0 aromatic carbocycles. The van der Waals surface area contributed by atoms with Gasteiger partial charge in [0.1, 0.15) is 5.82 Å². The molecule has 1 amide bonds. The lowest BCUT2D eigenvalue weighted by atomic mass is 10.2. The van der Waals surface area contributed by atoms with Crippen LogP contribution in [0.3, 0.4) is 0 Å². The van der Waals surface area contributed by atoms with Gasteiger partial charge in [-0.1, -0.05) is 0 Å². The summed E-state index contributed by atoms with van der Waals surface area (Å²) >= 11 is 0. The Morgan fingerprint density at radius 3 is 2.72 bits per heavy atom. The molecule has 0 unspecified atom stereocenters. The van der Waals surface area contributed by atoms with Crippen molar-refractivity contribution in [3.8, 4) is 0 Å². The minimum absolute atomic E-state index is 0.0551. The highest BCUT2D eigenvalue weighted by Crippen LogP contribution is 2.40. The smallest absolute Gasteiger partial charge is 0.239 e. The Morgan fingerprint density at radius 1 is 1.32 bits per heavy atom. The van der Waals surface area contributed by atoms with E-state index in [1.165, 1.54) is 12.8 Å². The molecule has 25 heavy (non-hydrogen) atoms. The number of nitrogens with zero attached hydrogens (tertiary/aromatic N) is 4. The first-order chi connectivity index (χ1) is 12.0. The van der Waals surface area contributed by atoms with Crippen molar-refractivity contribution in [3.05, 3.63) is 30.2 Å². The zero-order valence-electron chi connectivity index (χ0n) is 15.4. The van der Waals surface area contributed by atoms with Crippen LogP contribution < -0.4 is 10.6 Å². The van der Waals surface area contributed by atoms with Gasteiger partial charge in [0.15, 0.2) is 0 Å². The van der Waals surface area contributed by atoms with Crippen LogP contribution in [0.15, 0.2) is 24.7 Å². The molecule has 1 fully saturated rings. The summed E-state index contributed by atoms with van der Waals surface area (Å²) in [5.41, 5.74) is 1.13. The maximum atomic E-state index is 12.3. The number of aromatic nitrogens is 4. The van der Waals surface area contributed by atoms with Crippen molar-refractivity contribution in [1.82, 2.24) is 24.9 Å². The van der Waals surface area contributed by atoms with Crippen molar-refractivity contribution in [2.75, 3.05) is 11.9 Å². The highest BCUT2D eigenvalue weighted by Gasteiger charge is 2.30. The van der Waals surface area contributed by atoms with Gasteiger partial charge in [0, 0.05) is 18.3 Å². The summed E-state index contributed by atoms with van der Waals surface area (Å²) in [5.74, 6) is 1.40. The fraction of sp³-hybridized carbons (Fsp3) is 0.611. The standard InChI is InChI=1S/C18H28N6O/c1-12-9-21-23(11-12)14(3)13(2)19-10-18(25)22-17-7-8-20-24(17)15(4)16-5-6-16/h7-9,11,13-16,19H,5-6,10H2,1-4H3,(H,22,25)/t13-,14+,15+/m0/s1. The summed E-state index contributed by atoms with van der Waals surface area (Å²) in [7, 11) is 0. The van der Waals surface area contributed by atoms with E-state index in [0.29, 0.717) is 12.0 Å². The molecule has 136 valence electrons. The second-order valence-electron chi connectivity index (χ2n) is 7.20. The summed E-state index contributed by atoms with van der Waals surface area (Å²) in [6.07, 6.45) is 8.10. The Balaban J connectivity index is 1.50. The topological polar surface area (TPSA) is 76.8 Å². The minimum Gasteiger partial charge on any atom is -0.310 e. The van der Waals surface area contributed by atoms with Crippen molar-refractivity contribution in [3.63, 3.8) is 0 Å². The number of carbonyl (C=O) groups excluding carboxylic acids is 1. The Kier molecular flexibility index (Phi) is 5.22. The van der Waals surface area contributed by atoms with E-state index in [4.69, 9.17) is 0 Å². The molecule has 1 aliphatic rings. The monoisotopic (exact) mass is 344 g/mol. The van der Waals surface area contributed by atoms with E-state index in [1.807, 2.05) is 34.7 Å². The van der Waals surface area contributed by atoms with Crippen molar-refractivity contribution in [2.24, 2.45) is 5.92 Å². The fourth-order valence-electron chi connectivity index (χ4n) is 3.01. The molecule has 2 heterocycles. The van der Waals surface area contributed by atoms with Crippen LogP contribution in [0.2, 0.25) is 0 Å². The molecule has 2 N–H and O–H groups in total. The van der Waals surface area contributed by atoms with Crippen molar-refractivity contribution < 1.29 is 4.79 Å². The lowest BCUT2D eigenvalue weighted by Gasteiger charge is -2.22. The molecular weight excluding hydrogens is 316 g/mol. The summed E-state index contributed by atoms with van der Waals surface area (Å²) in [4.78, 5) is 12.3. The zero-order valence-corrected chi connectivity index (χ0v) is 15.4. The SMILES string of the molecule is Cc1cnn([C@H](C)[C@H](C)NCC(=O)Nc2ccnn2[C@H](C)C2CC2)c1. The Hall–Kier alpha value is -2.15. The molecule has 7 heteroatoms. The Labute approximate surface area is 148 Å². The molecule has 0 spiro atoms. The van der Waals surface area contributed by atoms with Crippen LogP contribution in [0.5, 0.6) is 0 Å². The van der Waals surface area contributed by atoms with Crippen molar-refractivity contribution in [1.29, 1.82) is 0 Å². The maximum absolute atomic E-state index is 12.3. The van der Waals surface area contributed by atoms with Crippen molar-refractivity contribution in [2.45, 2.75) is 58.7 Å². The first-order valence-electron chi connectivity index (χ1n) is 9.03. The molecule has 3 rings (SSSR count). The van der Waals surface area contributed by atoms with Crippen LogP contribution >= 0.6 is 0 Å². The normalized spacial score (nSPS) is 17.9. The van der Waals surface area contributed by atoms with Gasteiger partial charge in [0.25, 0.3) is 0 Å². The number of anilines is 1. The summed E-state index contributed by atoms with van der Waals surface area (Å²) in [6.45, 7) is 8.60. The molecule has 1 aliphatic carbocycles. The summed E-state index contributed by atoms with van der Waals surface area (Å²) in [6, 6.07) is 2.48. The largest absolute Gasteiger partial charge is 0.310 e. The van der Waals surface area contributed by atoms with Gasteiger partial charge in [-0.3, -0.25) is 9.48 Å². The molecule has 0 radical (unpaired) electrons. The third-order valence-electron chi connectivity index (χ3n) is 5.08. The average Bonchev–Trinajstić information content (AvgIpc) is 3.20. The number of hydrogen-bond acceptors (Lipinski definition) is 4. The van der Waals surface area contributed by atoms with Gasteiger partial charge >= 0.3 is 0 Å². The second-order valence-corrected chi connectivity index (χ2v) is 7.20. The number of nitrogens with one attached hydrogen (secondary N) is 2. The third-order valence-corrected chi connectivity index (χ3v) is 5.08. The molecule has 2 aromatic heterocycles. The van der Waals surface area contributed by atoms with Gasteiger partial charge in [-0.2, -0.15) is 10.2 Å². The van der Waals surface area contributed by atoms with E-state index >= 15 is 0 Å². The Bertz CT molecular complexity index is 717. The van der Waals surface area contributed by atoms with E-state index in [1.54, 1.807) is 6.20 Å². The third kappa shape index (κ3) is 4.28. The highest BCUT2D eigenvalue weighted by atomic mass is 16.2. The first-order valence-corrected chi connectivity index (χ1v) is 9.03. The number of carbonyl (C=O) groups is 1. The van der Waals surface area contributed by atoms with Gasteiger partial charge in [-0.15, -0.1) is 0 Å². The van der Waals surface area contributed by atoms with E-state index in [9.17, 15) is 4.79 Å². The molecule has 7 nitrogen and oxygen atoms in total. The first kappa shape index (κ1) is 17.7. The van der Waals surface area contributed by atoms with Crippen molar-refractivity contribution >= 4 is 11.7 Å². The molecule has 0 bridgehead atoms. The Morgan fingerprint density at radius 2 is 2.08 bits per heavy atom. The maximum Gasteiger partial charge on any atom is 0.239 e. The summed E-state index contributed by atoms with van der Waals surface area (Å²) in [5, 5.41) is 15.0. The summed E-state index contributed by atoms with van der Waals surface area (Å²) < 4.78 is 3.85. The van der Waals surface area contributed by atoms with Gasteiger partial charge < -0.3 is 10.6 Å². The van der Waals surface area contributed by atoms with Crippen LogP contribution in [0.4, 0.5) is 5.82 Å². The quantitative estimate of drug-likeness (QED) is 0.771. The lowest BCUT2D eigenvalue weighted by molar-refractivity contribution is -0.115. The molecule has 1 saturated carbocycles. The van der Waals surface area contributed by atoms with Gasteiger partial charge in [-0.25, -0.2) is 4.68 Å². The van der Waals surface area contributed by atoms with Crippen LogP contribution in [-0.2, 0) is 4.79 Å².